The molecule has 0 aliphatic heterocycles. The Morgan fingerprint density at radius 3 is 2.70 bits per heavy atom. The molecule has 0 atom stereocenters. The summed E-state index contributed by atoms with van der Waals surface area (Å²) in [4.78, 5) is 12.5. The Kier molecular flexibility index (Phi) is 5.14. The number of nitrogens with one attached hydrogen (secondary N) is 1. The summed E-state index contributed by atoms with van der Waals surface area (Å²) >= 11 is 9.66. The zero-order chi connectivity index (χ0) is 14.8. The van der Waals surface area contributed by atoms with Crippen molar-refractivity contribution in [2.45, 2.75) is 45.1 Å². The molecule has 1 amide bonds. The third-order valence-corrected chi connectivity index (χ3v) is 5.87. The zero-order valence-electron chi connectivity index (χ0n) is 12.0. The highest BCUT2D eigenvalue weighted by molar-refractivity contribution is 9.10. The third-order valence-electron chi connectivity index (χ3n) is 4.30. The maximum absolute atomic E-state index is 12.5. The second-order valence-corrected chi connectivity index (χ2v) is 7.05. The molecule has 2 rings (SSSR count). The molecule has 1 aliphatic rings. The average Bonchev–Trinajstić information content (AvgIpc) is 2.44. The summed E-state index contributed by atoms with van der Waals surface area (Å²) < 4.78 is 0.867. The van der Waals surface area contributed by atoms with E-state index in [0.717, 1.165) is 41.6 Å². The van der Waals surface area contributed by atoms with E-state index >= 15 is 0 Å². The molecule has 0 heterocycles. The van der Waals surface area contributed by atoms with Gasteiger partial charge in [-0.3, -0.25) is 4.79 Å². The highest BCUT2D eigenvalue weighted by atomic mass is 79.9. The molecule has 1 N–H and O–H groups in total. The van der Waals surface area contributed by atoms with Crippen LogP contribution in [0.25, 0.3) is 0 Å². The Bertz CT molecular complexity index is 495. The first kappa shape index (κ1) is 15.8. The second kappa shape index (κ2) is 6.48. The van der Waals surface area contributed by atoms with Gasteiger partial charge in [0.25, 0.3) is 5.91 Å². The molecule has 0 saturated heterocycles. The number of aryl methyl sites for hydroxylation is 1. The minimum atomic E-state index is -0.242. The van der Waals surface area contributed by atoms with Crippen LogP contribution < -0.4 is 5.32 Å². The van der Waals surface area contributed by atoms with E-state index in [0.29, 0.717) is 11.4 Å². The molecule has 1 aromatic rings. The van der Waals surface area contributed by atoms with Gasteiger partial charge in [-0.15, -0.1) is 11.6 Å². The van der Waals surface area contributed by atoms with Gasteiger partial charge in [-0.05, 0) is 66.1 Å². The molecule has 0 radical (unpaired) electrons. The fourth-order valence-corrected chi connectivity index (χ4v) is 3.52. The van der Waals surface area contributed by atoms with Crippen LogP contribution in [0.5, 0.6) is 0 Å². The summed E-state index contributed by atoms with van der Waals surface area (Å²) in [6.45, 7) is 4.25. The van der Waals surface area contributed by atoms with E-state index in [1.807, 2.05) is 25.1 Å². The average molecular weight is 359 g/mol. The molecule has 1 fully saturated rings. The SMILES string of the molecule is Cc1cccc(C(=O)NC2(CCl)CCC(C)CC2)c1Br. The Balaban J connectivity index is 2.15. The highest BCUT2D eigenvalue weighted by Crippen LogP contribution is 2.33. The van der Waals surface area contributed by atoms with Gasteiger partial charge in [0.15, 0.2) is 0 Å². The summed E-state index contributed by atoms with van der Waals surface area (Å²) in [7, 11) is 0. The lowest BCUT2D eigenvalue weighted by Crippen LogP contribution is -2.52. The van der Waals surface area contributed by atoms with Crippen molar-refractivity contribution in [3.05, 3.63) is 33.8 Å². The quantitative estimate of drug-likeness (QED) is 0.781. The summed E-state index contributed by atoms with van der Waals surface area (Å²) in [5, 5.41) is 3.19. The number of halogens is 2. The summed E-state index contributed by atoms with van der Waals surface area (Å²) in [6, 6.07) is 5.74. The Morgan fingerprint density at radius 1 is 1.45 bits per heavy atom. The number of benzene rings is 1. The molecule has 2 nitrogen and oxygen atoms in total. The van der Waals surface area contributed by atoms with E-state index in [2.05, 4.69) is 28.2 Å². The number of rotatable bonds is 3. The molecule has 1 aliphatic carbocycles. The van der Waals surface area contributed by atoms with Crippen LogP contribution in [-0.2, 0) is 0 Å². The van der Waals surface area contributed by atoms with Crippen LogP contribution >= 0.6 is 27.5 Å². The molecule has 1 aromatic carbocycles. The largest absolute Gasteiger partial charge is 0.345 e. The van der Waals surface area contributed by atoms with Crippen molar-refractivity contribution < 1.29 is 4.79 Å². The maximum Gasteiger partial charge on any atom is 0.252 e. The molecule has 0 aromatic heterocycles. The van der Waals surface area contributed by atoms with Crippen molar-refractivity contribution >= 4 is 33.4 Å². The lowest BCUT2D eigenvalue weighted by molar-refractivity contribution is 0.0871. The fourth-order valence-electron chi connectivity index (χ4n) is 2.74. The molecular formula is C16H21BrClNO. The van der Waals surface area contributed by atoms with Gasteiger partial charge in [0.2, 0.25) is 0 Å². The van der Waals surface area contributed by atoms with E-state index in [9.17, 15) is 4.79 Å². The second-order valence-electron chi connectivity index (χ2n) is 5.99. The van der Waals surface area contributed by atoms with Gasteiger partial charge >= 0.3 is 0 Å². The van der Waals surface area contributed by atoms with Crippen LogP contribution in [-0.4, -0.2) is 17.3 Å². The van der Waals surface area contributed by atoms with E-state index in [1.165, 1.54) is 0 Å². The van der Waals surface area contributed by atoms with Crippen LogP contribution in [0.2, 0.25) is 0 Å². The molecule has 0 bridgehead atoms. The number of hydrogen-bond donors (Lipinski definition) is 1. The van der Waals surface area contributed by atoms with Crippen LogP contribution in [0.4, 0.5) is 0 Å². The first-order chi connectivity index (χ1) is 9.47. The summed E-state index contributed by atoms with van der Waals surface area (Å²) in [5.74, 6) is 1.18. The minimum absolute atomic E-state index is 0.0317. The van der Waals surface area contributed by atoms with E-state index < -0.39 is 0 Å². The Hall–Kier alpha value is -0.540. The van der Waals surface area contributed by atoms with Crippen molar-refractivity contribution in [1.82, 2.24) is 5.32 Å². The molecular weight excluding hydrogens is 338 g/mol. The lowest BCUT2D eigenvalue weighted by atomic mass is 9.78. The van der Waals surface area contributed by atoms with Gasteiger partial charge in [0, 0.05) is 10.4 Å². The highest BCUT2D eigenvalue weighted by Gasteiger charge is 2.35. The van der Waals surface area contributed by atoms with E-state index in [1.54, 1.807) is 0 Å². The number of hydrogen-bond acceptors (Lipinski definition) is 1. The van der Waals surface area contributed by atoms with Gasteiger partial charge in [0.05, 0.1) is 11.1 Å². The number of alkyl halides is 1. The van der Waals surface area contributed by atoms with Gasteiger partial charge < -0.3 is 5.32 Å². The maximum atomic E-state index is 12.5. The van der Waals surface area contributed by atoms with Crippen molar-refractivity contribution in [2.24, 2.45) is 5.92 Å². The molecule has 0 spiro atoms. The topological polar surface area (TPSA) is 29.1 Å². The Morgan fingerprint density at radius 2 is 2.10 bits per heavy atom. The van der Waals surface area contributed by atoms with Crippen LogP contribution in [0.3, 0.4) is 0 Å². The first-order valence-corrected chi connectivity index (χ1v) is 8.44. The van der Waals surface area contributed by atoms with E-state index in [4.69, 9.17) is 11.6 Å². The predicted octanol–water partition coefficient (Wildman–Crippen LogP) is 4.68. The van der Waals surface area contributed by atoms with Crippen molar-refractivity contribution in [3.63, 3.8) is 0 Å². The fraction of sp³-hybridized carbons (Fsp3) is 0.562. The van der Waals surface area contributed by atoms with Gasteiger partial charge in [0.1, 0.15) is 0 Å². The molecule has 110 valence electrons. The van der Waals surface area contributed by atoms with Crippen molar-refractivity contribution in [3.8, 4) is 0 Å². The Labute approximate surface area is 134 Å². The molecule has 20 heavy (non-hydrogen) atoms. The lowest BCUT2D eigenvalue weighted by Gasteiger charge is -2.38. The summed E-state index contributed by atoms with van der Waals surface area (Å²) in [6.07, 6.45) is 4.18. The normalized spacial score (nSPS) is 26.3. The van der Waals surface area contributed by atoms with Gasteiger partial charge in [-0.25, -0.2) is 0 Å². The van der Waals surface area contributed by atoms with Crippen LogP contribution in [0, 0.1) is 12.8 Å². The smallest absolute Gasteiger partial charge is 0.252 e. The van der Waals surface area contributed by atoms with Crippen molar-refractivity contribution in [2.75, 3.05) is 5.88 Å². The van der Waals surface area contributed by atoms with Crippen LogP contribution in [0.1, 0.15) is 48.5 Å². The number of amides is 1. The third kappa shape index (κ3) is 3.37. The van der Waals surface area contributed by atoms with Gasteiger partial charge in [-0.2, -0.15) is 0 Å². The predicted molar refractivity (Wildman–Crippen MR) is 87.4 cm³/mol. The standard InChI is InChI=1S/C16H21BrClNO/c1-11-6-8-16(10-18,9-7-11)19-15(20)13-5-3-4-12(2)14(13)17/h3-5,11H,6-10H2,1-2H3,(H,19,20). The monoisotopic (exact) mass is 357 g/mol. The van der Waals surface area contributed by atoms with Gasteiger partial charge in [-0.1, -0.05) is 19.1 Å². The summed E-state index contributed by atoms with van der Waals surface area (Å²) in [5.41, 5.74) is 1.51. The number of carbonyl (C=O) groups is 1. The van der Waals surface area contributed by atoms with Crippen molar-refractivity contribution in [1.29, 1.82) is 0 Å². The molecule has 1 saturated carbocycles. The zero-order valence-corrected chi connectivity index (χ0v) is 14.4. The van der Waals surface area contributed by atoms with Crippen LogP contribution in [0.15, 0.2) is 22.7 Å². The molecule has 0 unspecified atom stereocenters. The minimum Gasteiger partial charge on any atom is -0.345 e. The molecule has 4 heteroatoms. The number of carbonyl (C=O) groups excluding carboxylic acids is 1. The van der Waals surface area contributed by atoms with E-state index in [-0.39, 0.29) is 11.4 Å². The first-order valence-electron chi connectivity index (χ1n) is 7.11.